The Morgan fingerprint density at radius 2 is 1.55 bits per heavy atom. The average Bonchev–Trinajstić information content (AvgIpc) is 2.67. The molecule has 3 rings (SSSR count). The van der Waals surface area contributed by atoms with Gasteiger partial charge < -0.3 is 4.74 Å². The molecule has 31 heavy (non-hydrogen) atoms. The van der Waals surface area contributed by atoms with Crippen molar-refractivity contribution in [3.05, 3.63) is 82.4 Å². The highest BCUT2D eigenvalue weighted by molar-refractivity contribution is 5.72. The molecule has 0 aliphatic carbocycles. The van der Waals surface area contributed by atoms with Crippen molar-refractivity contribution >= 4 is 0 Å². The molecule has 9 heteroatoms. The van der Waals surface area contributed by atoms with Crippen molar-refractivity contribution in [3.8, 4) is 28.7 Å². The zero-order chi connectivity index (χ0) is 22.9. The maximum absolute atomic E-state index is 14.9. The van der Waals surface area contributed by atoms with Crippen LogP contribution in [-0.4, -0.2) is 0 Å². The van der Waals surface area contributed by atoms with E-state index in [2.05, 4.69) is 4.74 Å². The van der Waals surface area contributed by atoms with Crippen molar-refractivity contribution in [2.45, 2.75) is 19.5 Å². The minimum atomic E-state index is -4.74. The van der Waals surface area contributed by atoms with E-state index in [0.29, 0.717) is 6.42 Å². The number of nitriles is 1. The Hall–Kier alpha value is -3.67. The molecule has 0 aliphatic heterocycles. The fourth-order valence-electron chi connectivity index (χ4n) is 2.95. The summed E-state index contributed by atoms with van der Waals surface area (Å²) in [4.78, 5) is 0. The van der Waals surface area contributed by atoms with Crippen LogP contribution in [0.4, 0.5) is 26.3 Å². The van der Waals surface area contributed by atoms with Crippen molar-refractivity contribution in [1.29, 1.82) is 5.26 Å². The van der Waals surface area contributed by atoms with Crippen LogP contribution in [0.3, 0.4) is 0 Å². The molecule has 0 bridgehead atoms. The van der Waals surface area contributed by atoms with E-state index in [0.717, 1.165) is 5.56 Å². The number of halogens is 6. The predicted octanol–water partition coefficient (Wildman–Crippen LogP) is 6.62. The van der Waals surface area contributed by atoms with Crippen LogP contribution in [0, 0.1) is 34.6 Å². The van der Waals surface area contributed by atoms with Crippen LogP contribution >= 0.6 is 0 Å². The Bertz CT molecular complexity index is 1160. The van der Waals surface area contributed by atoms with Crippen LogP contribution in [0.25, 0.3) is 11.1 Å². The Morgan fingerprint density at radius 3 is 2.06 bits per heavy atom. The lowest BCUT2D eigenvalue weighted by Crippen LogP contribution is -2.25. The maximum Gasteiger partial charge on any atom is 0.432 e. The molecule has 0 fully saturated rings. The third-order valence-corrected chi connectivity index (χ3v) is 4.50. The fourth-order valence-corrected chi connectivity index (χ4v) is 2.95. The molecule has 3 aromatic carbocycles. The van der Waals surface area contributed by atoms with Gasteiger partial charge in [-0.05, 0) is 17.5 Å². The van der Waals surface area contributed by atoms with E-state index < -0.39 is 57.6 Å². The van der Waals surface area contributed by atoms with E-state index in [-0.39, 0.29) is 23.8 Å². The van der Waals surface area contributed by atoms with Gasteiger partial charge in [0.2, 0.25) is 0 Å². The van der Waals surface area contributed by atoms with Crippen LogP contribution < -0.4 is 4.74 Å². The molecule has 0 aromatic heterocycles. The molecule has 0 spiro atoms. The minimum Gasteiger partial charge on any atom is -0.429 e. The smallest absolute Gasteiger partial charge is 0.429 e. The average molecular weight is 436 g/mol. The monoisotopic (exact) mass is 436 g/mol. The standard InChI is InChI=1S/C22H12F6NO2/c1-2-11-3-5-12(6-4-11)19-18(30)9-17(25)20(21(19)26)22(27,28)31-13-7-15(23)14(10-29)16(24)8-13/h3-9H,2H2,1H3. The molecule has 0 atom stereocenters. The van der Waals surface area contributed by atoms with Gasteiger partial charge in [-0.15, -0.1) is 0 Å². The van der Waals surface area contributed by atoms with E-state index in [1.807, 2.05) is 6.92 Å². The van der Waals surface area contributed by atoms with Gasteiger partial charge in [-0.1, -0.05) is 31.2 Å². The maximum atomic E-state index is 14.9. The summed E-state index contributed by atoms with van der Waals surface area (Å²) in [6, 6.07) is 7.67. The van der Waals surface area contributed by atoms with Gasteiger partial charge in [0.25, 0.3) is 0 Å². The normalized spacial score (nSPS) is 11.3. The van der Waals surface area contributed by atoms with E-state index >= 15 is 0 Å². The number of alkyl halides is 2. The van der Waals surface area contributed by atoms with E-state index in [9.17, 15) is 31.4 Å². The first-order valence-electron chi connectivity index (χ1n) is 8.83. The number of nitrogens with zero attached hydrogens (tertiary/aromatic N) is 1. The third kappa shape index (κ3) is 4.14. The largest absolute Gasteiger partial charge is 0.432 e. The Morgan fingerprint density at radius 1 is 0.968 bits per heavy atom. The summed E-state index contributed by atoms with van der Waals surface area (Å²) in [6.07, 6.45) is -4.11. The number of ether oxygens (including phenoxy) is 1. The van der Waals surface area contributed by atoms with Crippen LogP contribution in [0.1, 0.15) is 23.6 Å². The summed E-state index contributed by atoms with van der Waals surface area (Å²) < 4.78 is 90.0. The van der Waals surface area contributed by atoms with E-state index in [1.54, 1.807) is 12.1 Å². The number of benzene rings is 3. The highest BCUT2D eigenvalue weighted by Crippen LogP contribution is 2.42. The summed E-state index contributed by atoms with van der Waals surface area (Å²) >= 11 is 0. The zero-order valence-corrected chi connectivity index (χ0v) is 15.8. The molecule has 0 unspecified atom stereocenters. The number of hydrogen-bond acceptors (Lipinski definition) is 2. The second kappa shape index (κ2) is 8.22. The molecule has 0 amide bonds. The lowest BCUT2D eigenvalue weighted by Gasteiger charge is -2.21. The van der Waals surface area contributed by atoms with Crippen molar-refractivity contribution < 1.29 is 36.2 Å². The van der Waals surface area contributed by atoms with Crippen LogP contribution in [0.15, 0.2) is 42.5 Å². The molecule has 0 N–H and O–H groups in total. The first kappa shape index (κ1) is 22.0. The molecule has 0 heterocycles. The number of hydrogen-bond donors (Lipinski definition) is 0. The molecule has 0 aliphatic rings. The lowest BCUT2D eigenvalue weighted by atomic mass is 9.98. The summed E-state index contributed by atoms with van der Waals surface area (Å²) in [5.74, 6) is -9.04. The van der Waals surface area contributed by atoms with Gasteiger partial charge in [-0.2, -0.15) is 14.0 Å². The topological polar surface area (TPSA) is 52.9 Å². The Labute approximate surface area is 172 Å². The van der Waals surface area contributed by atoms with Crippen molar-refractivity contribution in [2.24, 2.45) is 0 Å². The van der Waals surface area contributed by atoms with Gasteiger partial charge >= 0.3 is 6.11 Å². The van der Waals surface area contributed by atoms with Gasteiger partial charge in [0, 0.05) is 18.2 Å². The van der Waals surface area contributed by atoms with Crippen molar-refractivity contribution in [2.75, 3.05) is 0 Å². The molecular formula is C22H12F6NO2. The van der Waals surface area contributed by atoms with Crippen molar-refractivity contribution in [3.63, 3.8) is 0 Å². The van der Waals surface area contributed by atoms with Gasteiger partial charge in [0.05, 0.1) is 5.56 Å². The van der Waals surface area contributed by atoms with Crippen LogP contribution in [0.5, 0.6) is 11.5 Å². The number of aryl methyl sites for hydroxylation is 1. The molecular weight excluding hydrogens is 424 g/mol. The molecule has 0 saturated carbocycles. The first-order chi connectivity index (χ1) is 14.6. The van der Waals surface area contributed by atoms with Gasteiger partial charge in [-0.25, -0.2) is 17.6 Å². The molecule has 0 saturated heterocycles. The second-order valence-electron chi connectivity index (χ2n) is 6.46. The molecule has 1 radical (unpaired) electrons. The summed E-state index contributed by atoms with van der Waals surface area (Å²) in [5.41, 5.74) is -2.97. The summed E-state index contributed by atoms with van der Waals surface area (Å²) in [6.45, 7) is 1.84. The zero-order valence-electron chi connectivity index (χ0n) is 15.8. The molecule has 3 aromatic rings. The van der Waals surface area contributed by atoms with E-state index in [1.165, 1.54) is 18.2 Å². The van der Waals surface area contributed by atoms with Crippen LogP contribution in [-0.2, 0) is 17.6 Å². The van der Waals surface area contributed by atoms with Gasteiger partial charge in [0.1, 0.15) is 40.4 Å². The first-order valence-corrected chi connectivity index (χ1v) is 8.83. The second-order valence-corrected chi connectivity index (χ2v) is 6.46. The molecule has 159 valence electrons. The quantitative estimate of drug-likeness (QED) is 0.422. The molecule has 3 nitrogen and oxygen atoms in total. The summed E-state index contributed by atoms with van der Waals surface area (Å²) in [7, 11) is 0. The highest BCUT2D eigenvalue weighted by atomic mass is 19.3. The summed E-state index contributed by atoms with van der Waals surface area (Å²) in [5, 5.41) is 20.7. The third-order valence-electron chi connectivity index (χ3n) is 4.50. The Balaban J connectivity index is 2.10. The highest BCUT2D eigenvalue weighted by Gasteiger charge is 2.43. The lowest BCUT2D eigenvalue weighted by molar-refractivity contribution is -0.189. The minimum absolute atomic E-state index is 0.0628. The predicted molar refractivity (Wildman–Crippen MR) is 96.9 cm³/mol. The number of rotatable bonds is 5. The van der Waals surface area contributed by atoms with Crippen molar-refractivity contribution in [1.82, 2.24) is 0 Å². The fraction of sp³-hybridized carbons (Fsp3) is 0.136. The van der Waals surface area contributed by atoms with Gasteiger partial charge in [-0.3, -0.25) is 5.11 Å². The SMILES string of the molecule is CCc1ccc(-c2c([O])cc(F)c(C(F)(F)Oc3cc(F)c(C#N)c(F)c3)c2F)cc1. The Kier molecular flexibility index (Phi) is 5.84. The van der Waals surface area contributed by atoms with Crippen LogP contribution in [0.2, 0.25) is 0 Å². The van der Waals surface area contributed by atoms with E-state index in [4.69, 9.17) is 5.26 Å². The van der Waals surface area contributed by atoms with Gasteiger partial charge in [0.15, 0.2) is 11.6 Å².